The first-order chi connectivity index (χ1) is 8.67. The van der Waals surface area contributed by atoms with Crippen molar-refractivity contribution in [2.24, 2.45) is 11.7 Å². The highest BCUT2D eigenvalue weighted by atomic mass is 15.2. The Hall–Kier alpha value is -0.860. The van der Waals surface area contributed by atoms with Crippen LogP contribution in [0, 0.1) is 19.8 Å². The van der Waals surface area contributed by atoms with Gasteiger partial charge in [0.25, 0.3) is 0 Å². The number of rotatable bonds is 6. The molecule has 0 spiro atoms. The van der Waals surface area contributed by atoms with E-state index < -0.39 is 0 Å². The summed E-state index contributed by atoms with van der Waals surface area (Å²) in [5.74, 6) is 0.920. The molecule has 0 aliphatic heterocycles. The van der Waals surface area contributed by atoms with Crippen LogP contribution in [-0.2, 0) is 0 Å². The van der Waals surface area contributed by atoms with Crippen LogP contribution in [0.2, 0.25) is 0 Å². The quantitative estimate of drug-likeness (QED) is 0.836. The van der Waals surface area contributed by atoms with Gasteiger partial charge in [-0.2, -0.15) is 0 Å². The largest absolute Gasteiger partial charge is 0.329 e. The zero-order valence-corrected chi connectivity index (χ0v) is 11.9. The molecule has 0 amide bonds. The highest BCUT2D eigenvalue weighted by Crippen LogP contribution is 2.33. The number of nitrogens with two attached hydrogens (primary N) is 1. The summed E-state index contributed by atoms with van der Waals surface area (Å²) in [6.45, 7) is 9.67. The highest BCUT2D eigenvalue weighted by molar-refractivity contribution is 5.35. The van der Waals surface area contributed by atoms with Crippen LogP contribution in [0.25, 0.3) is 0 Å². The predicted molar refractivity (Wildman–Crippen MR) is 77.7 cm³/mol. The van der Waals surface area contributed by atoms with Gasteiger partial charge in [-0.25, -0.2) is 0 Å². The number of aryl methyl sites for hydroxylation is 1. The van der Waals surface area contributed by atoms with Crippen molar-refractivity contribution < 1.29 is 0 Å². The summed E-state index contributed by atoms with van der Waals surface area (Å²) < 4.78 is 0. The first kappa shape index (κ1) is 13.6. The molecule has 1 aromatic rings. The van der Waals surface area contributed by atoms with Crippen LogP contribution >= 0.6 is 0 Å². The topological polar surface area (TPSA) is 29.3 Å². The van der Waals surface area contributed by atoms with Crippen LogP contribution < -0.4 is 5.73 Å². The van der Waals surface area contributed by atoms with Gasteiger partial charge in [-0.15, -0.1) is 0 Å². The predicted octanol–water partition coefficient (Wildman–Crippen LogP) is 3.04. The lowest BCUT2D eigenvalue weighted by molar-refractivity contribution is 0.203. The molecule has 1 aromatic carbocycles. The van der Waals surface area contributed by atoms with E-state index >= 15 is 0 Å². The molecule has 2 heteroatoms. The molecule has 2 nitrogen and oxygen atoms in total. The van der Waals surface area contributed by atoms with Gasteiger partial charge < -0.3 is 5.73 Å². The lowest BCUT2D eigenvalue weighted by Gasteiger charge is -2.31. The molecule has 1 saturated carbocycles. The van der Waals surface area contributed by atoms with Crippen molar-refractivity contribution in [1.29, 1.82) is 0 Å². The second kappa shape index (κ2) is 5.85. The Morgan fingerprint density at radius 2 is 2.06 bits per heavy atom. The fourth-order valence-electron chi connectivity index (χ4n) is 2.72. The van der Waals surface area contributed by atoms with Crippen LogP contribution in [0.15, 0.2) is 18.2 Å². The average molecular weight is 246 g/mol. The van der Waals surface area contributed by atoms with E-state index in [-0.39, 0.29) is 0 Å². The standard InChI is InChI=1S/C16H26N2/c1-4-18(11-14-8-9-14)16(10-17)15-7-5-6-12(2)13(15)3/h5-7,14,16H,4,8-11,17H2,1-3H3. The summed E-state index contributed by atoms with van der Waals surface area (Å²) in [5, 5.41) is 0. The molecule has 0 heterocycles. The molecule has 0 aromatic heterocycles. The Labute approximate surface area is 111 Å². The zero-order valence-electron chi connectivity index (χ0n) is 11.9. The lowest BCUT2D eigenvalue weighted by Crippen LogP contribution is -2.35. The Balaban J connectivity index is 2.21. The van der Waals surface area contributed by atoms with Crippen LogP contribution in [0.1, 0.15) is 42.5 Å². The van der Waals surface area contributed by atoms with Crippen molar-refractivity contribution >= 4 is 0 Å². The van der Waals surface area contributed by atoms with E-state index in [0.717, 1.165) is 12.5 Å². The summed E-state index contributed by atoms with van der Waals surface area (Å²) in [5.41, 5.74) is 10.2. The van der Waals surface area contributed by atoms with Gasteiger partial charge in [-0.3, -0.25) is 4.90 Å². The minimum Gasteiger partial charge on any atom is -0.329 e. The van der Waals surface area contributed by atoms with Gasteiger partial charge in [0.1, 0.15) is 0 Å². The van der Waals surface area contributed by atoms with Crippen molar-refractivity contribution in [2.75, 3.05) is 19.6 Å². The van der Waals surface area contributed by atoms with Crippen LogP contribution in [-0.4, -0.2) is 24.5 Å². The maximum absolute atomic E-state index is 6.05. The Morgan fingerprint density at radius 1 is 1.33 bits per heavy atom. The van der Waals surface area contributed by atoms with Gasteiger partial charge >= 0.3 is 0 Å². The van der Waals surface area contributed by atoms with E-state index in [4.69, 9.17) is 5.73 Å². The van der Waals surface area contributed by atoms with Gasteiger partial charge in [-0.1, -0.05) is 25.1 Å². The molecule has 0 saturated heterocycles. The molecular weight excluding hydrogens is 220 g/mol. The zero-order chi connectivity index (χ0) is 13.1. The molecule has 0 bridgehead atoms. The second-order valence-electron chi connectivity index (χ2n) is 5.57. The van der Waals surface area contributed by atoms with E-state index in [2.05, 4.69) is 43.9 Å². The summed E-state index contributed by atoms with van der Waals surface area (Å²) >= 11 is 0. The molecule has 1 atom stereocenters. The molecule has 2 N–H and O–H groups in total. The minimum atomic E-state index is 0.385. The van der Waals surface area contributed by atoms with Gasteiger partial charge in [-0.05, 0) is 55.8 Å². The number of benzene rings is 1. The van der Waals surface area contributed by atoms with Crippen LogP contribution in [0.5, 0.6) is 0 Å². The minimum absolute atomic E-state index is 0.385. The molecule has 1 aliphatic rings. The normalized spacial score (nSPS) is 17.2. The van der Waals surface area contributed by atoms with E-state index in [1.54, 1.807) is 0 Å². The highest BCUT2D eigenvalue weighted by Gasteiger charge is 2.28. The Morgan fingerprint density at radius 3 is 2.61 bits per heavy atom. The van der Waals surface area contributed by atoms with Crippen LogP contribution in [0.4, 0.5) is 0 Å². The van der Waals surface area contributed by atoms with Gasteiger partial charge in [0.05, 0.1) is 0 Å². The molecule has 0 radical (unpaired) electrons. The van der Waals surface area contributed by atoms with E-state index in [1.165, 1.54) is 36.1 Å². The van der Waals surface area contributed by atoms with Gasteiger partial charge in [0.15, 0.2) is 0 Å². The second-order valence-corrected chi connectivity index (χ2v) is 5.57. The SMILES string of the molecule is CCN(CC1CC1)C(CN)c1cccc(C)c1C. The van der Waals surface area contributed by atoms with Crippen molar-refractivity contribution in [3.05, 3.63) is 34.9 Å². The number of hydrogen-bond acceptors (Lipinski definition) is 2. The summed E-state index contributed by atoms with van der Waals surface area (Å²) in [4.78, 5) is 2.55. The molecule has 1 fully saturated rings. The van der Waals surface area contributed by atoms with E-state index in [1.807, 2.05) is 0 Å². The Bertz CT molecular complexity index is 396. The first-order valence-corrected chi connectivity index (χ1v) is 7.17. The third-order valence-electron chi connectivity index (χ3n) is 4.27. The number of likely N-dealkylation sites (N-methyl/N-ethyl adjacent to an activating group) is 1. The molecule has 1 unspecified atom stereocenters. The first-order valence-electron chi connectivity index (χ1n) is 7.17. The average Bonchev–Trinajstić information content (AvgIpc) is 3.17. The van der Waals surface area contributed by atoms with E-state index in [0.29, 0.717) is 12.6 Å². The maximum atomic E-state index is 6.05. The molecule has 18 heavy (non-hydrogen) atoms. The smallest absolute Gasteiger partial charge is 0.0473 e. The molecular formula is C16H26N2. The maximum Gasteiger partial charge on any atom is 0.0473 e. The third kappa shape index (κ3) is 2.93. The fourth-order valence-corrected chi connectivity index (χ4v) is 2.72. The molecule has 1 aliphatic carbocycles. The fraction of sp³-hybridized carbons (Fsp3) is 0.625. The molecule has 100 valence electrons. The third-order valence-corrected chi connectivity index (χ3v) is 4.27. The van der Waals surface area contributed by atoms with Gasteiger partial charge in [0, 0.05) is 19.1 Å². The summed E-state index contributed by atoms with van der Waals surface area (Å²) in [6, 6.07) is 6.97. The van der Waals surface area contributed by atoms with Crippen LogP contribution in [0.3, 0.4) is 0 Å². The summed E-state index contributed by atoms with van der Waals surface area (Å²) in [6.07, 6.45) is 2.81. The lowest BCUT2D eigenvalue weighted by atomic mass is 9.96. The Kier molecular flexibility index (Phi) is 4.41. The molecule has 2 rings (SSSR count). The number of hydrogen-bond donors (Lipinski definition) is 1. The van der Waals surface area contributed by atoms with Crippen molar-refractivity contribution in [3.63, 3.8) is 0 Å². The van der Waals surface area contributed by atoms with Crippen molar-refractivity contribution in [3.8, 4) is 0 Å². The van der Waals surface area contributed by atoms with Gasteiger partial charge in [0.2, 0.25) is 0 Å². The van der Waals surface area contributed by atoms with Crippen molar-refractivity contribution in [1.82, 2.24) is 4.90 Å². The summed E-state index contributed by atoms with van der Waals surface area (Å²) in [7, 11) is 0. The van der Waals surface area contributed by atoms with E-state index in [9.17, 15) is 0 Å². The monoisotopic (exact) mass is 246 g/mol. The van der Waals surface area contributed by atoms with Crippen molar-refractivity contribution in [2.45, 2.75) is 39.7 Å². The number of nitrogens with zero attached hydrogens (tertiary/aromatic N) is 1.